The summed E-state index contributed by atoms with van der Waals surface area (Å²) in [6.45, 7) is 3.16. The van der Waals surface area contributed by atoms with Crippen molar-refractivity contribution in [2.24, 2.45) is 11.7 Å². The molecule has 0 aliphatic carbocycles. The van der Waals surface area contributed by atoms with E-state index in [-0.39, 0.29) is 16.7 Å². The fourth-order valence-corrected chi connectivity index (χ4v) is 4.72. The molecule has 0 radical (unpaired) electrons. The van der Waals surface area contributed by atoms with E-state index in [0.29, 0.717) is 46.1 Å². The van der Waals surface area contributed by atoms with E-state index in [1.54, 1.807) is 24.3 Å². The Morgan fingerprint density at radius 2 is 1.70 bits per heavy atom. The molecule has 0 aromatic heterocycles. The van der Waals surface area contributed by atoms with Crippen LogP contribution in [-0.2, 0) is 30.8 Å². The molecule has 1 atom stereocenters. The predicted octanol–water partition coefficient (Wildman–Crippen LogP) is 0.0776. The minimum absolute atomic E-state index is 0.139. The first-order chi connectivity index (χ1) is 13.0. The summed E-state index contributed by atoms with van der Waals surface area (Å²) in [5.41, 5.74) is 6.88. The normalized spacial score (nSPS) is 20.9. The molecule has 150 valence electrons. The highest BCUT2D eigenvalue weighted by atomic mass is 32.2. The number of carbonyl (C=O) groups excluding carboxylic acids is 1. The molecule has 1 amide bonds. The third-order valence-corrected chi connectivity index (χ3v) is 6.99. The molecule has 2 fully saturated rings. The average Bonchev–Trinajstić information content (AvgIpc) is 2.73. The first-order valence-corrected chi connectivity index (χ1v) is 10.7. The Labute approximate surface area is 160 Å². The zero-order valence-corrected chi connectivity index (χ0v) is 16.1. The number of benzene rings is 1. The summed E-state index contributed by atoms with van der Waals surface area (Å²) in [6, 6.07) is 6.03. The number of carbonyl (C=O) groups is 1. The van der Waals surface area contributed by atoms with Crippen molar-refractivity contribution in [2.45, 2.75) is 30.3 Å². The van der Waals surface area contributed by atoms with Crippen molar-refractivity contribution in [1.29, 1.82) is 0 Å². The van der Waals surface area contributed by atoms with Crippen LogP contribution in [0.5, 0.6) is 0 Å². The van der Waals surface area contributed by atoms with Gasteiger partial charge in [-0.3, -0.25) is 4.79 Å². The fourth-order valence-electron chi connectivity index (χ4n) is 3.31. The van der Waals surface area contributed by atoms with Crippen LogP contribution in [0.25, 0.3) is 0 Å². The van der Waals surface area contributed by atoms with Crippen molar-refractivity contribution in [1.82, 2.24) is 9.62 Å². The number of hydrogen-bond acceptors (Lipinski definition) is 6. The van der Waals surface area contributed by atoms with Gasteiger partial charge in [-0.2, -0.15) is 4.31 Å². The summed E-state index contributed by atoms with van der Waals surface area (Å²) < 4.78 is 37.1. The van der Waals surface area contributed by atoms with Gasteiger partial charge in [0.15, 0.2) is 0 Å². The van der Waals surface area contributed by atoms with E-state index in [1.165, 1.54) is 4.31 Å². The Kier molecular flexibility index (Phi) is 6.83. The molecular formula is C18H27N3O5S. The van der Waals surface area contributed by atoms with Gasteiger partial charge in [-0.05, 0) is 36.5 Å². The lowest BCUT2D eigenvalue weighted by molar-refractivity contribution is -0.124. The molecular weight excluding hydrogens is 370 g/mol. The molecule has 3 rings (SSSR count). The van der Waals surface area contributed by atoms with E-state index in [4.69, 9.17) is 15.2 Å². The number of sulfonamides is 1. The van der Waals surface area contributed by atoms with Gasteiger partial charge in [0.1, 0.15) is 0 Å². The van der Waals surface area contributed by atoms with Crippen molar-refractivity contribution < 1.29 is 22.7 Å². The number of nitrogens with zero attached hydrogens (tertiary/aromatic N) is 1. The first kappa shape index (κ1) is 20.2. The summed E-state index contributed by atoms with van der Waals surface area (Å²) >= 11 is 0. The SMILES string of the molecule is NC(C(=O)NCc1ccc(S(=O)(=O)N2CCOCC2)cc1)C1CCOCC1. The Morgan fingerprint density at radius 1 is 1.11 bits per heavy atom. The van der Waals surface area contributed by atoms with Crippen LogP contribution in [0.2, 0.25) is 0 Å². The molecule has 2 heterocycles. The minimum atomic E-state index is -3.50. The second-order valence-electron chi connectivity index (χ2n) is 6.85. The Morgan fingerprint density at radius 3 is 2.33 bits per heavy atom. The quantitative estimate of drug-likeness (QED) is 0.703. The minimum Gasteiger partial charge on any atom is -0.381 e. The topological polar surface area (TPSA) is 111 Å². The average molecular weight is 397 g/mol. The van der Waals surface area contributed by atoms with Crippen LogP contribution < -0.4 is 11.1 Å². The highest BCUT2D eigenvalue weighted by Gasteiger charge is 2.27. The number of ether oxygens (including phenoxy) is 2. The second kappa shape index (κ2) is 9.11. The molecule has 9 heteroatoms. The second-order valence-corrected chi connectivity index (χ2v) is 8.79. The lowest BCUT2D eigenvalue weighted by atomic mass is 9.92. The van der Waals surface area contributed by atoms with Crippen molar-refractivity contribution in [3.8, 4) is 0 Å². The summed E-state index contributed by atoms with van der Waals surface area (Å²) in [7, 11) is -3.50. The highest BCUT2D eigenvalue weighted by molar-refractivity contribution is 7.89. The van der Waals surface area contributed by atoms with Gasteiger partial charge in [-0.15, -0.1) is 0 Å². The van der Waals surface area contributed by atoms with E-state index >= 15 is 0 Å². The number of rotatable bonds is 6. The van der Waals surface area contributed by atoms with Gasteiger partial charge in [0.05, 0.1) is 24.2 Å². The van der Waals surface area contributed by atoms with Crippen LogP contribution in [0.4, 0.5) is 0 Å². The van der Waals surface area contributed by atoms with Crippen molar-refractivity contribution in [3.05, 3.63) is 29.8 Å². The molecule has 0 spiro atoms. The maximum atomic E-state index is 12.6. The molecule has 3 N–H and O–H groups in total. The van der Waals surface area contributed by atoms with E-state index in [9.17, 15) is 13.2 Å². The van der Waals surface area contributed by atoms with Crippen molar-refractivity contribution >= 4 is 15.9 Å². The van der Waals surface area contributed by atoms with E-state index in [1.807, 2.05) is 0 Å². The molecule has 27 heavy (non-hydrogen) atoms. The summed E-state index contributed by atoms with van der Waals surface area (Å²) in [6.07, 6.45) is 1.59. The molecule has 0 saturated carbocycles. The molecule has 1 aromatic rings. The molecule has 8 nitrogen and oxygen atoms in total. The lowest BCUT2D eigenvalue weighted by Gasteiger charge is -2.27. The van der Waals surface area contributed by atoms with Crippen molar-refractivity contribution in [2.75, 3.05) is 39.5 Å². The maximum Gasteiger partial charge on any atom is 0.243 e. The number of amides is 1. The van der Waals surface area contributed by atoms with Crippen LogP contribution in [-0.4, -0.2) is 64.2 Å². The predicted molar refractivity (Wildman–Crippen MR) is 99.4 cm³/mol. The third-order valence-electron chi connectivity index (χ3n) is 5.07. The number of hydrogen-bond donors (Lipinski definition) is 2. The van der Waals surface area contributed by atoms with Crippen LogP contribution in [0.1, 0.15) is 18.4 Å². The first-order valence-electron chi connectivity index (χ1n) is 9.26. The Hall–Kier alpha value is -1.52. The number of nitrogens with one attached hydrogen (secondary N) is 1. The monoisotopic (exact) mass is 397 g/mol. The summed E-state index contributed by atoms with van der Waals surface area (Å²) in [5, 5.41) is 2.84. The highest BCUT2D eigenvalue weighted by Crippen LogP contribution is 2.19. The zero-order chi connectivity index (χ0) is 19.3. The van der Waals surface area contributed by atoms with Gasteiger partial charge in [-0.1, -0.05) is 12.1 Å². The number of morpholine rings is 1. The van der Waals surface area contributed by atoms with Gasteiger partial charge in [0.25, 0.3) is 0 Å². The van der Waals surface area contributed by atoms with Crippen LogP contribution in [0.15, 0.2) is 29.2 Å². The molecule has 2 saturated heterocycles. The summed E-state index contributed by atoms with van der Waals surface area (Å²) in [4.78, 5) is 12.5. The zero-order valence-electron chi connectivity index (χ0n) is 15.3. The number of nitrogens with two attached hydrogens (primary N) is 1. The molecule has 1 aromatic carbocycles. The van der Waals surface area contributed by atoms with Gasteiger partial charge < -0.3 is 20.5 Å². The van der Waals surface area contributed by atoms with Crippen LogP contribution >= 0.6 is 0 Å². The van der Waals surface area contributed by atoms with E-state index < -0.39 is 16.1 Å². The van der Waals surface area contributed by atoms with Gasteiger partial charge >= 0.3 is 0 Å². The maximum absolute atomic E-state index is 12.6. The van der Waals surface area contributed by atoms with Gasteiger partial charge in [0, 0.05) is 32.8 Å². The smallest absolute Gasteiger partial charge is 0.243 e. The third kappa shape index (κ3) is 5.05. The Balaban J connectivity index is 1.55. The van der Waals surface area contributed by atoms with Gasteiger partial charge in [-0.25, -0.2) is 8.42 Å². The standard InChI is InChI=1S/C18H27N3O5S/c19-17(15-5-9-25-10-6-15)18(22)20-13-14-1-3-16(4-2-14)27(23,24)21-7-11-26-12-8-21/h1-4,15,17H,5-13,19H2,(H,20,22). The summed E-state index contributed by atoms with van der Waals surface area (Å²) in [5.74, 6) is -0.0493. The van der Waals surface area contributed by atoms with Crippen molar-refractivity contribution in [3.63, 3.8) is 0 Å². The molecule has 2 aliphatic rings. The molecule has 2 aliphatic heterocycles. The van der Waals surface area contributed by atoms with Gasteiger partial charge in [0.2, 0.25) is 15.9 Å². The van der Waals surface area contributed by atoms with E-state index in [0.717, 1.165) is 18.4 Å². The molecule has 1 unspecified atom stereocenters. The molecule has 0 bridgehead atoms. The van der Waals surface area contributed by atoms with Crippen LogP contribution in [0.3, 0.4) is 0 Å². The Bertz CT molecular complexity index is 726. The fraction of sp³-hybridized carbons (Fsp3) is 0.611. The van der Waals surface area contributed by atoms with E-state index in [2.05, 4.69) is 5.32 Å². The van der Waals surface area contributed by atoms with Crippen LogP contribution in [0, 0.1) is 5.92 Å². The largest absolute Gasteiger partial charge is 0.381 e. The lowest BCUT2D eigenvalue weighted by Crippen LogP contribution is -2.46.